The van der Waals surface area contributed by atoms with Crippen LogP contribution in [-0.4, -0.2) is 19.2 Å². The maximum atomic E-state index is 11.4. The van der Waals surface area contributed by atoms with E-state index in [2.05, 4.69) is 18.2 Å². The van der Waals surface area contributed by atoms with E-state index in [4.69, 9.17) is 9.47 Å². The van der Waals surface area contributed by atoms with Crippen molar-refractivity contribution in [3.05, 3.63) is 29.3 Å². The smallest absolute Gasteiger partial charge is 0.306 e. The first kappa shape index (κ1) is 11.6. The zero-order valence-corrected chi connectivity index (χ0v) is 10.7. The molecule has 1 spiro atoms. The molecule has 1 aliphatic heterocycles. The predicted molar refractivity (Wildman–Crippen MR) is 67.8 cm³/mol. The van der Waals surface area contributed by atoms with E-state index in [1.54, 1.807) is 0 Å². The van der Waals surface area contributed by atoms with Crippen LogP contribution in [0.2, 0.25) is 0 Å². The predicted octanol–water partition coefficient (Wildman–Crippen LogP) is 2.61. The molecule has 1 heterocycles. The number of fused-ring (bicyclic) bond motifs is 2. The van der Waals surface area contributed by atoms with Gasteiger partial charge in [0.2, 0.25) is 0 Å². The molecule has 3 heteroatoms. The number of rotatable bonds is 4. The highest BCUT2D eigenvalue weighted by Crippen LogP contribution is 2.56. The molecule has 1 aliphatic carbocycles. The van der Waals surface area contributed by atoms with Crippen molar-refractivity contribution < 1.29 is 14.3 Å². The summed E-state index contributed by atoms with van der Waals surface area (Å²) in [5.74, 6) is 0.897. The molecule has 1 saturated carbocycles. The van der Waals surface area contributed by atoms with E-state index in [1.165, 1.54) is 18.4 Å². The molecule has 1 fully saturated rings. The van der Waals surface area contributed by atoms with E-state index in [9.17, 15) is 4.79 Å². The summed E-state index contributed by atoms with van der Waals surface area (Å²) < 4.78 is 10.8. The Hall–Kier alpha value is -1.51. The topological polar surface area (TPSA) is 35.5 Å². The Morgan fingerprint density at radius 3 is 3.00 bits per heavy atom. The third-order valence-corrected chi connectivity index (χ3v) is 3.92. The highest BCUT2D eigenvalue weighted by atomic mass is 16.5. The molecule has 0 aromatic heterocycles. The Morgan fingerprint density at radius 2 is 2.28 bits per heavy atom. The highest BCUT2D eigenvalue weighted by Gasteiger charge is 2.50. The molecule has 3 rings (SSSR count). The van der Waals surface area contributed by atoms with Gasteiger partial charge in [-0.3, -0.25) is 4.79 Å². The van der Waals surface area contributed by atoms with Gasteiger partial charge >= 0.3 is 5.97 Å². The molecule has 3 nitrogen and oxygen atoms in total. The van der Waals surface area contributed by atoms with Crippen molar-refractivity contribution in [2.24, 2.45) is 0 Å². The molecule has 96 valence electrons. The quantitative estimate of drug-likeness (QED) is 0.766. The molecule has 18 heavy (non-hydrogen) atoms. The van der Waals surface area contributed by atoms with Gasteiger partial charge in [0.25, 0.3) is 0 Å². The van der Waals surface area contributed by atoms with Crippen LogP contribution < -0.4 is 4.74 Å². The summed E-state index contributed by atoms with van der Waals surface area (Å²) >= 11 is 0. The first-order valence-corrected chi connectivity index (χ1v) is 6.66. The number of hydrogen-bond acceptors (Lipinski definition) is 3. The van der Waals surface area contributed by atoms with Crippen LogP contribution in [0.5, 0.6) is 5.75 Å². The summed E-state index contributed by atoms with van der Waals surface area (Å²) in [4.78, 5) is 11.4. The summed E-state index contributed by atoms with van der Waals surface area (Å²) in [6.45, 7) is 3.10. The molecule has 1 aromatic rings. The third-order valence-electron chi connectivity index (χ3n) is 3.92. The van der Waals surface area contributed by atoms with Gasteiger partial charge in [-0.1, -0.05) is 18.2 Å². The molecule has 0 bridgehead atoms. The number of carbonyl (C=O) groups is 1. The van der Waals surface area contributed by atoms with Gasteiger partial charge in [0.1, 0.15) is 5.75 Å². The van der Waals surface area contributed by atoms with Crippen LogP contribution >= 0.6 is 0 Å². The fourth-order valence-electron chi connectivity index (χ4n) is 2.69. The molecule has 1 aromatic carbocycles. The SMILES string of the molecule is CCOC(=O)CCc1cccc2c1OCC21CC1. The van der Waals surface area contributed by atoms with Gasteiger partial charge in [-0.2, -0.15) is 0 Å². The lowest BCUT2D eigenvalue weighted by atomic mass is 9.95. The fourth-order valence-corrected chi connectivity index (χ4v) is 2.69. The van der Waals surface area contributed by atoms with E-state index in [-0.39, 0.29) is 5.97 Å². The Bertz CT molecular complexity index is 475. The summed E-state index contributed by atoms with van der Waals surface area (Å²) in [6.07, 6.45) is 3.61. The lowest BCUT2D eigenvalue weighted by Crippen LogP contribution is -2.06. The number of benzene rings is 1. The average Bonchev–Trinajstić information content (AvgIpc) is 3.05. The second-order valence-electron chi connectivity index (χ2n) is 5.17. The van der Waals surface area contributed by atoms with Crippen LogP contribution in [-0.2, 0) is 21.4 Å². The lowest BCUT2D eigenvalue weighted by Gasteiger charge is -2.08. The van der Waals surface area contributed by atoms with Gasteiger partial charge < -0.3 is 9.47 Å². The second kappa shape index (κ2) is 4.30. The second-order valence-corrected chi connectivity index (χ2v) is 5.17. The van der Waals surface area contributed by atoms with Crippen molar-refractivity contribution >= 4 is 5.97 Å². The molecule has 0 saturated heterocycles. The minimum atomic E-state index is -0.130. The van der Waals surface area contributed by atoms with Gasteiger partial charge in [0.15, 0.2) is 0 Å². The monoisotopic (exact) mass is 246 g/mol. The molecule has 0 unspecified atom stereocenters. The zero-order chi connectivity index (χ0) is 12.6. The maximum absolute atomic E-state index is 11.4. The Labute approximate surface area is 107 Å². The maximum Gasteiger partial charge on any atom is 0.306 e. The zero-order valence-electron chi connectivity index (χ0n) is 10.7. The first-order valence-electron chi connectivity index (χ1n) is 6.66. The van der Waals surface area contributed by atoms with Crippen molar-refractivity contribution in [2.75, 3.05) is 13.2 Å². The van der Waals surface area contributed by atoms with Gasteiger partial charge in [0, 0.05) is 17.4 Å². The third kappa shape index (κ3) is 1.88. The molecule has 2 aliphatic rings. The highest BCUT2D eigenvalue weighted by molar-refractivity contribution is 5.70. The average molecular weight is 246 g/mol. The molecular weight excluding hydrogens is 228 g/mol. The Kier molecular flexibility index (Phi) is 2.77. The number of esters is 1. The molecule has 0 amide bonds. The molecule has 0 radical (unpaired) electrons. The van der Waals surface area contributed by atoms with Crippen LogP contribution in [0.4, 0.5) is 0 Å². The van der Waals surface area contributed by atoms with Crippen molar-refractivity contribution in [3.63, 3.8) is 0 Å². The lowest BCUT2D eigenvalue weighted by molar-refractivity contribution is -0.143. The van der Waals surface area contributed by atoms with E-state index in [1.807, 2.05) is 6.92 Å². The van der Waals surface area contributed by atoms with Crippen LogP contribution in [0.25, 0.3) is 0 Å². The Morgan fingerprint density at radius 1 is 1.44 bits per heavy atom. The standard InChI is InChI=1S/C15H18O3/c1-2-17-13(16)7-6-11-4-3-5-12-14(11)18-10-15(12)8-9-15/h3-5H,2,6-10H2,1H3. The van der Waals surface area contributed by atoms with Gasteiger partial charge in [-0.15, -0.1) is 0 Å². The van der Waals surface area contributed by atoms with Crippen molar-refractivity contribution in [3.8, 4) is 5.75 Å². The van der Waals surface area contributed by atoms with Crippen LogP contribution in [0.3, 0.4) is 0 Å². The van der Waals surface area contributed by atoms with E-state index < -0.39 is 0 Å². The first-order chi connectivity index (χ1) is 8.75. The van der Waals surface area contributed by atoms with E-state index in [0.717, 1.165) is 17.9 Å². The largest absolute Gasteiger partial charge is 0.492 e. The van der Waals surface area contributed by atoms with E-state index >= 15 is 0 Å². The minimum absolute atomic E-state index is 0.130. The fraction of sp³-hybridized carbons (Fsp3) is 0.533. The van der Waals surface area contributed by atoms with Gasteiger partial charge in [-0.05, 0) is 31.7 Å². The summed E-state index contributed by atoms with van der Waals surface area (Å²) in [5, 5.41) is 0. The van der Waals surface area contributed by atoms with Gasteiger partial charge in [-0.25, -0.2) is 0 Å². The van der Waals surface area contributed by atoms with Crippen molar-refractivity contribution in [1.82, 2.24) is 0 Å². The molecule has 0 N–H and O–H groups in total. The van der Waals surface area contributed by atoms with Gasteiger partial charge in [0.05, 0.1) is 13.2 Å². The Balaban J connectivity index is 1.74. The molecule has 0 atom stereocenters. The summed E-state index contributed by atoms with van der Waals surface area (Å²) in [5.41, 5.74) is 2.81. The number of hydrogen-bond donors (Lipinski definition) is 0. The van der Waals surface area contributed by atoms with Crippen molar-refractivity contribution in [2.45, 2.75) is 38.0 Å². The number of para-hydroxylation sites is 1. The minimum Gasteiger partial charge on any atom is -0.492 e. The summed E-state index contributed by atoms with van der Waals surface area (Å²) in [7, 11) is 0. The van der Waals surface area contributed by atoms with Crippen LogP contribution in [0.1, 0.15) is 37.3 Å². The molecular formula is C15H18O3. The number of carbonyl (C=O) groups excluding carboxylic acids is 1. The number of aryl methyl sites for hydroxylation is 1. The summed E-state index contributed by atoms with van der Waals surface area (Å²) in [6, 6.07) is 6.30. The number of ether oxygens (including phenoxy) is 2. The van der Waals surface area contributed by atoms with Crippen molar-refractivity contribution in [1.29, 1.82) is 0 Å². The van der Waals surface area contributed by atoms with Crippen LogP contribution in [0.15, 0.2) is 18.2 Å². The normalized spacial score (nSPS) is 18.3. The van der Waals surface area contributed by atoms with Crippen LogP contribution in [0, 0.1) is 0 Å². The van der Waals surface area contributed by atoms with E-state index in [0.29, 0.717) is 24.9 Å².